The van der Waals surface area contributed by atoms with Gasteiger partial charge in [-0.25, -0.2) is 4.79 Å². The Morgan fingerprint density at radius 2 is 1.65 bits per heavy atom. The molecule has 0 aliphatic rings. The van der Waals surface area contributed by atoms with Crippen molar-refractivity contribution in [3.05, 3.63) is 65.7 Å². The first-order chi connectivity index (χ1) is 9.65. The van der Waals surface area contributed by atoms with Crippen molar-refractivity contribution in [2.24, 2.45) is 5.73 Å². The minimum atomic E-state index is -0.532. The molecule has 0 fully saturated rings. The Morgan fingerprint density at radius 3 is 2.25 bits per heavy atom. The van der Waals surface area contributed by atoms with Crippen LogP contribution in [0.3, 0.4) is 0 Å². The summed E-state index contributed by atoms with van der Waals surface area (Å²) in [4.78, 5) is 22.5. The van der Waals surface area contributed by atoms with Crippen molar-refractivity contribution in [1.82, 2.24) is 5.32 Å². The lowest BCUT2D eigenvalue weighted by atomic mass is 10.1. The van der Waals surface area contributed by atoms with Gasteiger partial charge in [-0.15, -0.1) is 0 Å². The summed E-state index contributed by atoms with van der Waals surface area (Å²) in [5.41, 5.74) is 6.42. The van der Waals surface area contributed by atoms with Gasteiger partial charge in [0.05, 0.1) is 0 Å². The lowest BCUT2D eigenvalue weighted by molar-refractivity contribution is 0.1000. The molecule has 0 saturated heterocycles. The monoisotopic (exact) mass is 270 g/mol. The second-order valence-electron chi connectivity index (χ2n) is 4.12. The van der Waals surface area contributed by atoms with Gasteiger partial charge in [-0.1, -0.05) is 30.3 Å². The van der Waals surface area contributed by atoms with Gasteiger partial charge >= 0.3 is 6.09 Å². The number of ether oxygens (including phenoxy) is 1. The van der Waals surface area contributed by atoms with E-state index in [4.69, 9.17) is 10.5 Å². The van der Waals surface area contributed by atoms with Crippen molar-refractivity contribution in [2.45, 2.75) is 6.54 Å². The van der Waals surface area contributed by atoms with Crippen LogP contribution in [0.15, 0.2) is 54.6 Å². The van der Waals surface area contributed by atoms with Crippen LogP contribution >= 0.6 is 0 Å². The molecule has 0 unspecified atom stereocenters. The highest BCUT2D eigenvalue weighted by atomic mass is 16.5. The van der Waals surface area contributed by atoms with E-state index in [1.807, 2.05) is 6.07 Å². The zero-order valence-corrected chi connectivity index (χ0v) is 10.7. The van der Waals surface area contributed by atoms with Crippen molar-refractivity contribution in [3.63, 3.8) is 0 Å². The molecule has 0 aromatic heterocycles. The highest BCUT2D eigenvalue weighted by Gasteiger charge is 2.04. The van der Waals surface area contributed by atoms with Gasteiger partial charge in [0, 0.05) is 12.1 Å². The number of amides is 2. The first-order valence-corrected chi connectivity index (χ1v) is 6.04. The fourth-order valence-electron chi connectivity index (χ4n) is 1.59. The van der Waals surface area contributed by atoms with Gasteiger partial charge in [0.15, 0.2) is 0 Å². The maximum atomic E-state index is 11.6. The third-order valence-corrected chi connectivity index (χ3v) is 2.63. The van der Waals surface area contributed by atoms with E-state index in [0.717, 1.165) is 5.56 Å². The predicted octanol–water partition coefficient (Wildman–Crippen LogP) is 2.07. The normalized spacial score (nSPS) is 9.80. The Bertz CT molecular complexity index is 594. The van der Waals surface area contributed by atoms with Crippen LogP contribution in [0.1, 0.15) is 15.9 Å². The molecule has 2 amide bonds. The summed E-state index contributed by atoms with van der Waals surface area (Å²) in [6.07, 6.45) is -0.532. The van der Waals surface area contributed by atoms with E-state index in [1.54, 1.807) is 48.5 Å². The third-order valence-electron chi connectivity index (χ3n) is 2.63. The molecule has 0 atom stereocenters. The van der Waals surface area contributed by atoms with Crippen LogP contribution in [0.2, 0.25) is 0 Å². The summed E-state index contributed by atoms with van der Waals surface area (Å²) in [6.45, 7) is 0.310. The number of para-hydroxylation sites is 1. The van der Waals surface area contributed by atoms with Gasteiger partial charge in [0.2, 0.25) is 5.91 Å². The molecule has 2 aromatic rings. The first-order valence-electron chi connectivity index (χ1n) is 6.04. The number of hydrogen-bond donors (Lipinski definition) is 2. The van der Waals surface area contributed by atoms with E-state index >= 15 is 0 Å². The average Bonchev–Trinajstić information content (AvgIpc) is 2.46. The molecule has 0 spiro atoms. The smallest absolute Gasteiger partial charge is 0.410 e. The third kappa shape index (κ3) is 3.84. The van der Waals surface area contributed by atoms with Gasteiger partial charge < -0.3 is 15.8 Å². The molecule has 3 N–H and O–H groups in total. The zero-order valence-electron chi connectivity index (χ0n) is 10.7. The Labute approximate surface area is 116 Å². The number of carbonyl (C=O) groups excluding carboxylic acids is 2. The molecule has 0 radical (unpaired) electrons. The molecule has 102 valence electrons. The highest BCUT2D eigenvalue weighted by molar-refractivity contribution is 5.92. The second kappa shape index (κ2) is 6.38. The van der Waals surface area contributed by atoms with Crippen LogP contribution in [-0.4, -0.2) is 12.0 Å². The van der Waals surface area contributed by atoms with Crippen molar-refractivity contribution < 1.29 is 14.3 Å². The van der Waals surface area contributed by atoms with Gasteiger partial charge in [-0.05, 0) is 29.8 Å². The van der Waals surface area contributed by atoms with E-state index in [0.29, 0.717) is 17.9 Å². The van der Waals surface area contributed by atoms with Crippen molar-refractivity contribution in [1.29, 1.82) is 0 Å². The van der Waals surface area contributed by atoms with Crippen LogP contribution in [0.25, 0.3) is 0 Å². The Kier molecular flexibility index (Phi) is 4.34. The number of primary amides is 1. The van der Waals surface area contributed by atoms with Gasteiger partial charge in [-0.3, -0.25) is 4.79 Å². The van der Waals surface area contributed by atoms with E-state index in [-0.39, 0.29) is 0 Å². The molecule has 20 heavy (non-hydrogen) atoms. The first kappa shape index (κ1) is 13.6. The van der Waals surface area contributed by atoms with E-state index in [1.165, 1.54) is 0 Å². The SMILES string of the molecule is NC(=O)c1ccc(CNC(=O)Oc2ccccc2)cc1. The number of nitrogens with one attached hydrogen (secondary N) is 1. The largest absolute Gasteiger partial charge is 0.412 e. The topological polar surface area (TPSA) is 81.4 Å². The lowest BCUT2D eigenvalue weighted by Gasteiger charge is -2.06. The summed E-state index contributed by atoms with van der Waals surface area (Å²) in [5.74, 6) is 0.00192. The molecule has 0 aliphatic heterocycles. The summed E-state index contributed by atoms with van der Waals surface area (Å²) in [7, 11) is 0. The zero-order chi connectivity index (χ0) is 14.4. The van der Waals surface area contributed by atoms with Gasteiger partial charge in [0.1, 0.15) is 5.75 Å². The summed E-state index contributed by atoms with van der Waals surface area (Å²) >= 11 is 0. The Hall–Kier alpha value is -2.82. The van der Waals surface area contributed by atoms with Crippen LogP contribution in [0.5, 0.6) is 5.75 Å². The van der Waals surface area contributed by atoms with Crippen molar-refractivity contribution >= 4 is 12.0 Å². The van der Waals surface area contributed by atoms with E-state index in [2.05, 4.69) is 5.32 Å². The van der Waals surface area contributed by atoms with E-state index < -0.39 is 12.0 Å². The minimum Gasteiger partial charge on any atom is -0.410 e. The molecule has 2 aromatic carbocycles. The van der Waals surface area contributed by atoms with Crippen LogP contribution in [0.4, 0.5) is 4.79 Å². The molecule has 5 nitrogen and oxygen atoms in total. The summed E-state index contributed by atoms with van der Waals surface area (Å²) in [6, 6.07) is 15.5. The highest BCUT2D eigenvalue weighted by Crippen LogP contribution is 2.08. The Balaban J connectivity index is 1.85. The number of nitrogens with two attached hydrogens (primary N) is 1. The fourth-order valence-corrected chi connectivity index (χ4v) is 1.59. The van der Waals surface area contributed by atoms with Crippen LogP contribution < -0.4 is 15.8 Å². The van der Waals surface area contributed by atoms with Gasteiger partial charge in [0.25, 0.3) is 0 Å². The van der Waals surface area contributed by atoms with Crippen molar-refractivity contribution in [3.8, 4) is 5.75 Å². The molecule has 2 rings (SSSR count). The molecule has 0 saturated carbocycles. The molecule has 0 heterocycles. The fraction of sp³-hybridized carbons (Fsp3) is 0.0667. The predicted molar refractivity (Wildman–Crippen MR) is 74.3 cm³/mol. The minimum absolute atomic E-state index is 0.310. The molecule has 0 aliphatic carbocycles. The molecular weight excluding hydrogens is 256 g/mol. The average molecular weight is 270 g/mol. The van der Waals surface area contributed by atoms with Gasteiger partial charge in [-0.2, -0.15) is 0 Å². The number of carbonyl (C=O) groups is 2. The van der Waals surface area contributed by atoms with Crippen LogP contribution in [0, 0.1) is 0 Å². The maximum absolute atomic E-state index is 11.6. The second-order valence-corrected chi connectivity index (χ2v) is 4.12. The molecular formula is C15H14N2O3. The Morgan fingerprint density at radius 1 is 1.00 bits per heavy atom. The molecule has 5 heteroatoms. The number of benzene rings is 2. The summed E-state index contributed by atoms with van der Waals surface area (Å²) in [5, 5.41) is 2.62. The number of rotatable bonds is 4. The van der Waals surface area contributed by atoms with Crippen LogP contribution in [-0.2, 0) is 6.54 Å². The summed E-state index contributed by atoms with van der Waals surface area (Å²) < 4.78 is 5.07. The number of hydrogen-bond acceptors (Lipinski definition) is 3. The standard InChI is InChI=1S/C15H14N2O3/c16-14(18)12-8-6-11(7-9-12)10-17-15(19)20-13-4-2-1-3-5-13/h1-9H,10H2,(H2,16,18)(H,17,19). The molecule has 0 bridgehead atoms. The van der Waals surface area contributed by atoms with Crippen molar-refractivity contribution in [2.75, 3.05) is 0 Å². The lowest BCUT2D eigenvalue weighted by Crippen LogP contribution is -2.26. The quantitative estimate of drug-likeness (QED) is 0.892. The maximum Gasteiger partial charge on any atom is 0.412 e. The van der Waals surface area contributed by atoms with E-state index in [9.17, 15) is 9.59 Å².